The zero-order valence-corrected chi connectivity index (χ0v) is 11.5. The number of hydrogen-bond acceptors (Lipinski definition) is 3. The molecule has 0 radical (unpaired) electrons. The van der Waals surface area contributed by atoms with Gasteiger partial charge in [0.1, 0.15) is 5.82 Å². The lowest BCUT2D eigenvalue weighted by molar-refractivity contribution is 0.0712. The largest absolute Gasteiger partial charge is 0.393 e. The monoisotopic (exact) mass is 251 g/mol. The van der Waals surface area contributed by atoms with Crippen LogP contribution >= 0.6 is 0 Å². The minimum Gasteiger partial charge on any atom is -0.393 e. The summed E-state index contributed by atoms with van der Waals surface area (Å²) >= 11 is 0. The van der Waals surface area contributed by atoms with E-state index in [2.05, 4.69) is 20.6 Å². The van der Waals surface area contributed by atoms with Gasteiger partial charge in [-0.15, -0.1) is 0 Å². The number of hydrogen-bond donors (Lipinski definition) is 1. The number of piperidine rings is 1. The average molecular weight is 251 g/mol. The highest BCUT2D eigenvalue weighted by molar-refractivity contribution is 4.88. The van der Waals surface area contributed by atoms with Gasteiger partial charge in [-0.25, -0.2) is 4.98 Å². The second-order valence-corrected chi connectivity index (χ2v) is 5.44. The van der Waals surface area contributed by atoms with E-state index in [0.717, 1.165) is 44.8 Å². The van der Waals surface area contributed by atoms with Gasteiger partial charge in [0.25, 0.3) is 0 Å². The molecule has 18 heavy (non-hydrogen) atoms. The Morgan fingerprint density at radius 1 is 1.39 bits per heavy atom. The van der Waals surface area contributed by atoms with Gasteiger partial charge in [-0.3, -0.25) is 0 Å². The van der Waals surface area contributed by atoms with Crippen LogP contribution in [0, 0.1) is 12.8 Å². The number of aryl methyl sites for hydroxylation is 2. The summed E-state index contributed by atoms with van der Waals surface area (Å²) in [7, 11) is 0. The molecule has 1 aliphatic heterocycles. The lowest BCUT2D eigenvalue weighted by atomic mass is 9.92. The second-order valence-electron chi connectivity index (χ2n) is 5.44. The van der Waals surface area contributed by atoms with Gasteiger partial charge in [-0.1, -0.05) is 0 Å². The first-order chi connectivity index (χ1) is 8.66. The summed E-state index contributed by atoms with van der Waals surface area (Å²) in [5.74, 6) is 1.61. The van der Waals surface area contributed by atoms with Gasteiger partial charge in [-0.05, 0) is 58.7 Å². The number of aromatic nitrogens is 2. The highest BCUT2D eigenvalue weighted by Gasteiger charge is 2.21. The molecular weight excluding hydrogens is 226 g/mol. The van der Waals surface area contributed by atoms with E-state index in [1.807, 2.05) is 20.0 Å². The van der Waals surface area contributed by atoms with E-state index in [1.165, 1.54) is 6.42 Å². The molecule has 0 spiro atoms. The fraction of sp³-hybridized carbons (Fsp3) is 0.786. The molecule has 0 amide bonds. The van der Waals surface area contributed by atoms with Gasteiger partial charge in [0.2, 0.25) is 0 Å². The second kappa shape index (κ2) is 6.34. The molecule has 1 N–H and O–H groups in total. The standard InChI is InChI=1S/C14H25N3O/c1-12(18)14-4-9-16(10-5-14)7-3-8-17-11-6-15-13(17)2/h6,11-12,14,18H,3-5,7-10H2,1-2H3. The van der Waals surface area contributed by atoms with Crippen LogP contribution in [0.2, 0.25) is 0 Å². The highest BCUT2D eigenvalue weighted by Crippen LogP contribution is 2.20. The third kappa shape index (κ3) is 3.56. The molecule has 102 valence electrons. The van der Waals surface area contributed by atoms with Crippen LogP contribution in [0.5, 0.6) is 0 Å². The van der Waals surface area contributed by atoms with Crippen LogP contribution in [0.3, 0.4) is 0 Å². The molecule has 0 bridgehead atoms. The van der Waals surface area contributed by atoms with Crippen molar-refractivity contribution in [1.29, 1.82) is 0 Å². The normalized spacial score (nSPS) is 20.2. The molecule has 4 nitrogen and oxygen atoms in total. The molecule has 1 atom stereocenters. The molecule has 0 aromatic carbocycles. The van der Waals surface area contributed by atoms with Crippen molar-refractivity contribution in [3.05, 3.63) is 18.2 Å². The Balaban J connectivity index is 1.65. The van der Waals surface area contributed by atoms with E-state index in [0.29, 0.717) is 5.92 Å². The van der Waals surface area contributed by atoms with Crippen molar-refractivity contribution >= 4 is 0 Å². The maximum absolute atomic E-state index is 9.57. The van der Waals surface area contributed by atoms with Gasteiger partial charge in [0, 0.05) is 18.9 Å². The first kappa shape index (κ1) is 13.6. The SMILES string of the molecule is Cc1nccn1CCCN1CCC(C(C)O)CC1. The minimum absolute atomic E-state index is 0.138. The van der Waals surface area contributed by atoms with E-state index < -0.39 is 0 Å². The zero-order chi connectivity index (χ0) is 13.0. The van der Waals surface area contributed by atoms with Crippen LogP contribution < -0.4 is 0 Å². The molecule has 1 unspecified atom stereocenters. The molecule has 0 saturated carbocycles. The summed E-state index contributed by atoms with van der Waals surface area (Å²) in [6.45, 7) is 8.46. The van der Waals surface area contributed by atoms with Gasteiger partial charge >= 0.3 is 0 Å². The highest BCUT2D eigenvalue weighted by atomic mass is 16.3. The fourth-order valence-corrected chi connectivity index (χ4v) is 2.76. The molecule has 4 heteroatoms. The van der Waals surface area contributed by atoms with Crippen molar-refractivity contribution in [3.8, 4) is 0 Å². The summed E-state index contributed by atoms with van der Waals surface area (Å²) in [5.41, 5.74) is 0. The first-order valence-electron chi connectivity index (χ1n) is 7.05. The van der Waals surface area contributed by atoms with Gasteiger partial charge in [0.15, 0.2) is 0 Å². The lowest BCUT2D eigenvalue weighted by Crippen LogP contribution is -2.37. The Morgan fingerprint density at radius 3 is 2.67 bits per heavy atom. The molecule has 0 aliphatic carbocycles. The van der Waals surface area contributed by atoms with Crippen molar-refractivity contribution in [1.82, 2.24) is 14.5 Å². The maximum Gasteiger partial charge on any atom is 0.105 e. The van der Waals surface area contributed by atoms with Crippen molar-refractivity contribution in [2.75, 3.05) is 19.6 Å². The van der Waals surface area contributed by atoms with Crippen LogP contribution in [-0.4, -0.2) is 45.3 Å². The maximum atomic E-state index is 9.57. The van der Waals surface area contributed by atoms with Gasteiger partial charge < -0.3 is 14.6 Å². The Morgan fingerprint density at radius 2 is 2.11 bits per heavy atom. The summed E-state index contributed by atoms with van der Waals surface area (Å²) in [4.78, 5) is 6.75. The van der Waals surface area contributed by atoms with Crippen LogP contribution in [0.15, 0.2) is 12.4 Å². The third-order valence-corrected chi connectivity index (χ3v) is 4.11. The van der Waals surface area contributed by atoms with Crippen molar-refractivity contribution in [2.45, 2.75) is 45.8 Å². The summed E-state index contributed by atoms with van der Waals surface area (Å²) in [6.07, 6.45) is 7.24. The Labute approximate surface area is 110 Å². The van der Waals surface area contributed by atoms with Crippen LogP contribution in [0.1, 0.15) is 32.0 Å². The topological polar surface area (TPSA) is 41.3 Å². The van der Waals surface area contributed by atoms with Crippen molar-refractivity contribution in [3.63, 3.8) is 0 Å². The Kier molecular flexibility index (Phi) is 4.78. The van der Waals surface area contributed by atoms with E-state index in [-0.39, 0.29) is 6.10 Å². The number of rotatable bonds is 5. The smallest absolute Gasteiger partial charge is 0.105 e. The van der Waals surface area contributed by atoms with Crippen LogP contribution in [0.4, 0.5) is 0 Å². The van der Waals surface area contributed by atoms with Crippen molar-refractivity contribution in [2.24, 2.45) is 5.92 Å². The van der Waals surface area contributed by atoms with Crippen molar-refractivity contribution < 1.29 is 5.11 Å². The van der Waals surface area contributed by atoms with Crippen LogP contribution in [0.25, 0.3) is 0 Å². The number of nitrogens with zero attached hydrogens (tertiary/aromatic N) is 3. The number of aliphatic hydroxyl groups is 1. The molecular formula is C14H25N3O. The van der Waals surface area contributed by atoms with E-state index in [9.17, 15) is 5.11 Å². The Bertz CT molecular complexity index is 354. The fourth-order valence-electron chi connectivity index (χ4n) is 2.76. The summed E-state index contributed by atoms with van der Waals surface area (Å²) in [5, 5.41) is 9.57. The molecule has 1 aromatic heterocycles. The molecule has 2 rings (SSSR count). The predicted molar refractivity (Wildman–Crippen MR) is 72.4 cm³/mol. The van der Waals surface area contributed by atoms with Gasteiger partial charge in [-0.2, -0.15) is 0 Å². The molecule has 1 fully saturated rings. The Hall–Kier alpha value is -0.870. The predicted octanol–water partition coefficient (Wildman–Crippen LogP) is 1.67. The number of imidazole rings is 1. The molecule has 1 saturated heterocycles. The zero-order valence-electron chi connectivity index (χ0n) is 11.5. The molecule has 1 aliphatic rings. The first-order valence-corrected chi connectivity index (χ1v) is 7.05. The van der Waals surface area contributed by atoms with E-state index in [4.69, 9.17) is 0 Å². The van der Waals surface area contributed by atoms with E-state index in [1.54, 1.807) is 0 Å². The molecule has 2 heterocycles. The lowest BCUT2D eigenvalue weighted by Gasteiger charge is -2.33. The molecule has 1 aromatic rings. The van der Waals surface area contributed by atoms with Gasteiger partial charge in [0.05, 0.1) is 6.10 Å². The minimum atomic E-state index is -0.138. The quantitative estimate of drug-likeness (QED) is 0.865. The van der Waals surface area contributed by atoms with E-state index >= 15 is 0 Å². The number of likely N-dealkylation sites (tertiary alicyclic amines) is 1. The number of aliphatic hydroxyl groups excluding tert-OH is 1. The third-order valence-electron chi connectivity index (χ3n) is 4.11. The average Bonchev–Trinajstić information content (AvgIpc) is 2.76. The summed E-state index contributed by atoms with van der Waals surface area (Å²) < 4.78 is 2.21. The summed E-state index contributed by atoms with van der Waals surface area (Å²) in [6, 6.07) is 0. The van der Waals surface area contributed by atoms with Crippen LogP contribution in [-0.2, 0) is 6.54 Å².